The van der Waals surface area contributed by atoms with Crippen LogP contribution < -0.4 is 4.74 Å². The molecule has 7 heteroatoms. The first-order chi connectivity index (χ1) is 10.3. The number of aromatic hydroxyl groups is 1. The van der Waals surface area contributed by atoms with E-state index in [0.717, 1.165) is 12.1 Å². The molecule has 4 nitrogen and oxygen atoms in total. The fraction of sp³-hybridized carbons (Fsp3) is 0.133. The average molecular weight is 312 g/mol. The molecule has 0 unspecified atom stereocenters. The number of halogens is 3. The van der Waals surface area contributed by atoms with Crippen molar-refractivity contribution in [3.63, 3.8) is 0 Å². The molecular weight excluding hydrogens is 301 g/mol. The topological polar surface area (TPSA) is 66.8 Å². The molecule has 0 aliphatic heterocycles. The maximum Gasteiger partial charge on any atom is 0.416 e. The molecule has 0 saturated heterocycles. The van der Waals surface area contributed by atoms with Crippen LogP contribution in [0.2, 0.25) is 0 Å². The summed E-state index contributed by atoms with van der Waals surface area (Å²) in [5, 5.41) is 18.2. The summed E-state index contributed by atoms with van der Waals surface area (Å²) in [6, 6.07) is 8.19. The number of rotatable bonds is 4. The van der Waals surface area contributed by atoms with Gasteiger partial charge in [0.2, 0.25) is 0 Å². The molecule has 116 valence electrons. The van der Waals surface area contributed by atoms with Gasteiger partial charge in [-0.05, 0) is 35.9 Å². The Morgan fingerprint density at radius 1 is 1.14 bits per heavy atom. The van der Waals surface area contributed by atoms with Crippen LogP contribution in [0.3, 0.4) is 0 Å². The number of benzene rings is 2. The Morgan fingerprint density at radius 2 is 1.86 bits per heavy atom. The minimum atomic E-state index is -4.46. The van der Waals surface area contributed by atoms with Crippen LogP contribution in [-0.2, 0) is 12.8 Å². The van der Waals surface area contributed by atoms with Gasteiger partial charge in [-0.1, -0.05) is 12.1 Å². The van der Waals surface area contributed by atoms with Crippen LogP contribution >= 0.6 is 0 Å². The van der Waals surface area contributed by atoms with Crippen molar-refractivity contribution in [2.24, 2.45) is 0 Å². The zero-order chi connectivity index (χ0) is 16.3. The highest BCUT2D eigenvalue weighted by Crippen LogP contribution is 2.31. The number of carboxylic acid groups (broad SMARTS) is 1. The highest BCUT2D eigenvalue weighted by Gasteiger charge is 2.30. The SMILES string of the molecule is O=C(O)c1cc(COc2cccc(C(F)(F)F)c2)ccc1O. The Morgan fingerprint density at radius 3 is 2.50 bits per heavy atom. The summed E-state index contributed by atoms with van der Waals surface area (Å²) >= 11 is 0. The summed E-state index contributed by atoms with van der Waals surface area (Å²) in [7, 11) is 0. The number of alkyl halides is 3. The van der Waals surface area contributed by atoms with E-state index in [0.29, 0.717) is 5.56 Å². The van der Waals surface area contributed by atoms with Crippen molar-refractivity contribution in [1.29, 1.82) is 0 Å². The van der Waals surface area contributed by atoms with E-state index in [2.05, 4.69) is 0 Å². The van der Waals surface area contributed by atoms with E-state index < -0.39 is 23.5 Å². The van der Waals surface area contributed by atoms with Crippen molar-refractivity contribution in [3.8, 4) is 11.5 Å². The third-order valence-corrected chi connectivity index (χ3v) is 2.86. The molecule has 22 heavy (non-hydrogen) atoms. The standard InChI is InChI=1S/C15H11F3O4/c16-15(17,18)10-2-1-3-11(7-10)22-8-9-4-5-13(19)12(6-9)14(20)21/h1-7,19H,8H2,(H,20,21). The Hall–Kier alpha value is -2.70. The van der Waals surface area contributed by atoms with E-state index in [4.69, 9.17) is 9.84 Å². The minimum absolute atomic E-state index is 0.0137. The molecule has 0 atom stereocenters. The predicted molar refractivity (Wildman–Crippen MR) is 70.8 cm³/mol. The van der Waals surface area contributed by atoms with E-state index in [9.17, 15) is 23.1 Å². The Kier molecular flexibility index (Phi) is 4.25. The maximum absolute atomic E-state index is 12.6. The van der Waals surface area contributed by atoms with Gasteiger partial charge in [0.05, 0.1) is 5.56 Å². The van der Waals surface area contributed by atoms with Crippen LogP contribution in [0.25, 0.3) is 0 Å². The van der Waals surface area contributed by atoms with Gasteiger partial charge < -0.3 is 14.9 Å². The summed E-state index contributed by atoms with van der Waals surface area (Å²) in [4.78, 5) is 10.9. The summed E-state index contributed by atoms with van der Waals surface area (Å²) in [6.07, 6.45) is -4.46. The minimum Gasteiger partial charge on any atom is -0.507 e. The van der Waals surface area contributed by atoms with Gasteiger partial charge in [0.1, 0.15) is 23.7 Å². The quantitative estimate of drug-likeness (QED) is 0.903. The van der Waals surface area contributed by atoms with Crippen LogP contribution in [0.15, 0.2) is 42.5 Å². The van der Waals surface area contributed by atoms with Gasteiger partial charge in [-0.15, -0.1) is 0 Å². The second-order valence-corrected chi connectivity index (χ2v) is 4.47. The second-order valence-electron chi connectivity index (χ2n) is 4.47. The summed E-state index contributed by atoms with van der Waals surface area (Å²) in [5.74, 6) is -1.69. The maximum atomic E-state index is 12.6. The molecule has 0 bridgehead atoms. The first-order valence-electron chi connectivity index (χ1n) is 6.12. The summed E-state index contributed by atoms with van der Waals surface area (Å²) in [6.45, 7) is -0.123. The van der Waals surface area contributed by atoms with Crippen molar-refractivity contribution in [2.75, 3.05) is 0 Å². The lowest BCUT2D eigenvalue weighted by Crippen LogP contribution is -2.05. The van der Waals surface area contributed by atoms with Gasteiger partial charge in [0.15, 0.2) is 0 Å². The molecule has 0 saturated carbocycles. The van der Waals surface area contributed by atoms with Gasteiger partial charge in [-0.3, -0.25) is 0 Å². The molecule has 2 aromatic carbocycles. The Bertz CT molecular complexity index is 695. The fourth-order valence-corrected chi connectivity index (χ4v) is 1.77. The van der Waals surface area contributed by atoms with Crippen LogP contribution in [0.1, 0.15) is 21.5 Å². The lowest BCUT2D eigenvalue weighted by Gasteiger charge is -2.11. The van der Waals surface area contributed by atoms with Crippen LogP contribution in [0, 0.1) is 0 Å². The smallest absolute Gasteiger partial charge is 0.416 e. The molecular formula is C15H11F3O4. The van der Waals surface area contributed by atoms with Crippen LogP contribution in [0.4, 0.5) is 13.2 Å². The zero-order valence-corrected chi connectivity index (χ0v) is 11.1. The Balaban J connectivity index is 2.14. The van der Waals surface area contributed by atoms with E-state index in [1.807, 2.05) is 0 Å². The number of aromatic carboxylic acids is 1. The molecule has 0 aromatic heterocycles. The molecule has 0 radical (unpaired) electrons. The number of phenols is 1. The van der Waals surface area contributed by atoms with E-state index in [1.165, 1.54) is 30.3 Å². The highest BCUT2D eigenvalue weighted by molar-refractivity contribution is 5.90. The van der Waals surface area contributed by atoms with Gasteiger partial charge in [0, 0.05) is 0 Å². The van der Waals surface area contributed by atoms with Crippen LogP contribution in [-0.4, -0.2) is 16.2 Å². The third-order valence-electron chi connectivity index (χ3n) is 2.86. The average Bonchev–Trinajstić information content (AvgIpc) is 2.45. The van der Waals surface area contributed by atoms with Gasteiger partial charge in [0.25, 0.3) is 0 Å². The second kappa shape index (κ2) is 5.97. The van der Waals surface area contributed by atoms with E-state index >= 15 is 0 Å². The number of carbonyl (C=O) groups is 1. The lowest BCUT2D eigenvalue weighted by atomic mass is 10.1. The predicted octanol–water partition coefficient (Wildman–Crippen LogP) is 3.69. The molecule has 2 N–H and O–H groups in total. The molecule has 0 aliphatic carbocycles. The van der Waals surface area contributed by atoms with Gasteiger partial charge >= 0.3 is 12.1 Å². The lowest BCUT2D eigenvalue weighted by molar-refractivity contribution is -0.137. The molecule has 0 spiro atoms. The van der Waals surface area contributed by atoms with E-state index in [1.54, 1.807) is 0 Å². The number of carboxylic acids is 1. The Labute approximate surface area is 123 Å². The van der Waals surface area contributed by atoms with Gasteiger partial charge in [-0.25, -0.2) is 4.79 Å². The number of hydrogen-bond donors (Lipinski definition) is 2. The third kappa shape index (κ3) is 3.69. The van der Waals surface area contributed by atoms with Crippen molar-refractivity contribution < 1.29 is 32.9 Å². The van der Waals surface area contributed by atoms with Crippen LogP contribution in [0.5, 0.6) is 11.5 Å². The van der Waals surface area contributed by atoms with Crippen molar-refractivity contribution >= 4 is 5.97 Å². The zero-order valence-electron chi connectivity index (χ0n) is 11.1. The molecule has 0 aliphatic rings. The summed E-state index contributed by atoms with van der Waals surface area (Å²) in [5.41, 5.74) is -0.723. The molecule has 0 heterocycles. The first-order valence-corrected chi connectivity index (χ1v) is 6.12. The number of hydrogen-bond acceptors (Lipinski definition) is 3. The molecule has 0 fully saturated rings. The number of ether oxygens (including phenoxy) is 1. The monoisotopic (exact) mass is 312 g/mol. The normalized spacial score (nSPS) is 11.2. The molecule has 2 aromatic rings. The van der Waals surface area contributed by atoms with Crippen molar-refractivity contribution in [1.82, 2.24) is 0 Å². The van der Waals surface area contributed by atoms with Gasteiger partial charge in [-0.2, -0.15) is 13.2 Å². The first kappa shape index (κ1) is 15.7. The van der Waals surface area contributed by atoms with E-state index in [-0.39, 0.29) is 17.9 Å². The summed E-state index contributed by atoms with van der Waals surface area (Å²) < 4.78 is 42.9. The fourth-order valence-electron chi connectivity index (χ4n) is 1.77. The molecule has 2 rings (SSSR count). The van der Waals surface area contributed by atoms with Crippen molar-refractivity contribution in [2.45, 2.75) is 12.8 Å². The largest absolute Gasteiger partial charge is 0.507 e. The molecule has 0 amide bonds. The highest BCUT2D eigenvalue weighted by atomic mass is 19.4. The van der Waals surface area contributed by atoms with Crippen molar-refractivity contribution in [3.05, 3.63) is 59.2 Å².